The van der Waals surface area contributed by atoms with Crippen LogP contribution in [0.5, 0.6) is 11.5 Å². The summed E-state index contributed by atoms with van der Waals surface area (Å²) in [5.74, 6) is -0.302. The minimum absolute atomic E-state index is 0.0582. The Balaban J connectivity index is 1.46. The van der Waals surface area contributed by atoms with E-state index in [0.717, 1.165) is 41.8 Å². The second kappa shape index (κ2) is 7.15. The van der Waals surface area contributed by atoms with Crippen molar-refractivity contribution >= 4 is 22.6 Å². The zero-order chi connectivity index (χ0) is 19.7. The van der Waals surface area contributed by atoms with Gasteiger partial charge in [-0.15, -0.1) is 0 Å². The lowest BCUT2D eigenvalue weighted by Crippen LogP contribution is -2.17. The van der Waals surface area contributed by atoms with E-state index in [1.165, 1.54) is 18.2 Å². The molecular formula is C20H15NO7. The van der Waals surface area contributed by atoms with Crippen molar-refractivity contribution in [2.45, 2.75) is 19.3 Å². The molecule has 1 aliphatic rings. The Labute approximate surface area is 158 Å². The molecule has 142 valence electrons. The fraction of sp³-hybridized carbons (Fsp3) is 0.200. The van der Waals surface area contributed by atoms with E-state index in [0.29, 0.717) is 11.3 Å². The summed E-state index contributed by atoms with van der Waals surface area (Å²) in [6.45, 7) is -0.399. The molecule has 0 radical (unpaired) electrons. The maximum atomic E-state index is 12.1. The van der Waals surface area contributed by atoms with Crippen molar-refractivity contribution in [3.05, 3.63) is 74.1 Å². The number of rotatable bonds is 5. The first-order chi connectivity index (χ1) is 13.5. The largest absolute Gasteiger partial charge is 0.482 e. The summed E-state index contributed by atoms with van der Waals surface area (Å²) in [5.41, 5.74) is 1.66. The first-order valence-corrected chi connectivity index (χ1v) is 8.68. The number of nitro benzene ring substituents is 1. The highest BCUT2D eigenvalue weighted by molar-refractivity contribution is 5.83. The van der Waals surface area contributed by atoms with E-state index in [-0.39, 0.29) is 17.1 Å². The molecule has 0 N–H and O–H groups in total. The van der Waals surface area contributed by atoms with Crippen molar-refractivity contribution in [2.75, 3.05) is 6.61 Å². The normalized spacial score (nSPS) is 12.6. The molecule has 8 heteroatoms. The number of benzene rings is 2. The van der Waals surface area contributed by atoms with Crippen LogP contribution in [-0.2, 0) is 17.6 Å². The van der Waals surface area contributed by atoms with Crippen molar-refractivity contribution in [2.24, 2.45) is 0 Å². The van der Waals surface area contributed by atoms with Crippen molar-refractivity contribution in [3.63, 3.8) is 0 Å². The summed E-state index contributed by atoms with van der Waals surface area (Å²) in [4.78, 5) is 34.2. The molecule has 0 bridgehead atoms. The molecule has 4 rings (SSSR count). The molecule has 0 fully saturated rings. The van der Waals surface area contributed by atoms with Crippen LogP contribution in [0.25, 0.3) is 11.0 Å². The van der Waals surface area contributed by atoms with Crippen LogP contribution in [0.4, 0.5) is 5.69 Å². The lowest BCUT2D eigenvalue weighted by atomic mass is 10.1. The van der Waals surface area contributed by atoms with Crippen LogP contribution < -0.4 is 15.1 Å². The minimum atomic E-state index is -0.712. The van der Waals surface area contributed by atoms with E-state index in [2.05, 4.69) is 0 Å². The molecule has 0 spiro atoms. The molecule has 0 unspecified atom stereocenters. The number of aryl methyl sites for hydroxylation is 1. The Bertz CT molecular complexity index is 1150. The predicted molar refractivity (Wildman–Crippen MR) is 98.7 cm³/mol. The number of ether oxygens (including phenoxy) is 2. The highest BCUT2D eigenvalue weighted by atomic mass is 16.6. The Morgan fingerprint density at radius 1 is 1.11 bits per heavy atom. The number of carbonyl (C=O) groups is 1. The van der Waals surface area contributed by atoms with Crippen LogP contribution in [0, 0.1) is 10.1 Å². The molecular weight excluding hydrogens is 366 g/mol. The van der Waals surface area contributed by atoms with Crippen LogP contribution in [0.1, 0.15) is 17.5 Å². The van der Waals surface area contributed by atoms with Crippen LogP contribution in [-0.4, -0.2) is 17.5 Å². The van der Waals surface area contributed by atoms with Gasteiger partial charge in [-0.1, -0.05) is 6.07 Å². The number of hydrogen-bond acceptors (Lipinski definition) is 7. The van der Waals surface area contributed by atoms with Gasteiger partial charge in [0.2, 0.25) is 0 Å². The summed E-state index contributed by atoms with van der Waals surface area (Å²) in [7, 11) is 0. The average molecular weight is 381 g/mol. The van der Waals surface area contributed by atoms with E-state index in [1.807, 2.05) is 6.07 Å². The average Bonchev–Trinajstić information content (AvgIpc) is 3.17. The fourth-order valence-corrected chi connectivity index (χ4v) is 3.32. The predicted octanol–water partition coefficient (Wildman–Crippen LogP) is 3.17. The van der Waals surface area contributed by atoms with Crippen LogP contribution >= 0.6 is 0 Å². The van der Waals surface area contributed by atoms with E-state index in [4.69, 9.17) is 13.9 Å². The number of nitro groups is 1. The molecule has 1 aliphatic carbocycles. The summed E-state index contributed by atoms with van der Waals surface area (Å²) in [6, 6.07) is 10.4. The number of esters is 1. The lowest BCUT2D eigenvalue weighted by molar-refractivity contribution is -0.384. The number of nitrogens with zero attached hydrogens (tertiary/aromatic N) is 1. The zero-order valence-corrected chi connectivity index (χ0v) is 14.7. The summed E-state index contributed by atoms with van der Waals surface area (Å²) in [5, 5.41) is 11.6. The smallest absolute Gasteiger partial charge is 0.349 e. The molecule has 0 saturated carbocycles. The number of carbonyl (C=O) groups excluding carboxylic acids is 1. The molecule has 8 nitrogen and oxygen atoms in total. The second-order valence-corrected chi connectivity index (χ2v) is 6.38. The molecule has 1 heterocycles. The monoisotopic (exact) mass is 381 g/mol. The van der Waals surface area contributed by atoms with Crippen molar-refractivity contribution in [1.29, 1.82) is 0 Å². The van der Waals surface area contributed by atoms with E-state index in [1.54, 1.807) is 12.1 Å². The molecule has 2 aromatic carbocycles. The summed E-state index contributed by atoms with van der Waals surface area (Å²) in [6.07, 6.45) is 2.50. The maximum absolute atomic E-state index is 12.1. The SMILES string of the molecule is O=C(COc1ccc2c3c(c(=O)oc2c1)CCC3)Oc1cccc([N+](=O)[O-])c1. The number of hydrogen-bond donors (Lipinski definition) is 0. The first kappa shape index (κ1) is 17.7. The first-order valence-electron chi connectivity index (χ1n) is 8.68. The van der Waals surface area contributed by atoms with Crippen molar-refractivity contribution in [1.82, 2.24) is 0 Å². The van der Waals surface area contributed by atoms with Gasteiger partial charge in [0.05, 0.1) is 11.0 Å². The van der Waals surface area contributed by atoms with Gasteiger partial charge < -0.3 is 13.9 Å². The van der Waals surface area contributed by atoms with E-state index < -0.39 is 17.5 Å². The Morgan fingerprint density at radius 3 is 2.75 bits per heavy atom. The van der Waals surface area contributed by atoms with Gasteiger partial charge in [-0.3, -0.25) is 10.1 Å². The maximum Gasteiger partial charge on any atom is 0.349 e. The molecule has 0 aliphatic heterocycles. The van der Waals surface area contributed by atoms with Crippen LogP contribution in [0.15, 0.2) is 51.7 Å². The molecule has 0 atom stereocenters. The zero-order valence-electron chi connectivity index (χ0n) is 14.7. The third-order valence-electron chi connectivity index (χ3n) is 4.56. The van der Waals surface area contributed by atoms with Crippen LogP contribution in [0.3, 0.4) is 0 Å². The Kier molecular flexibility index (Phi) is 4.52. The van der Waals surface area contributed by atoms with Crippen molar-refractivity contribution in [3.8, 4) is 11.5 Å². The Hall–Kier alpha value is -3.68. The topological polar surface area (TPSA) is 109 Å². The van der Waals surface area contributed by atoms with E-state index >= 15 is 0 Å². The fourth-order valence-electron chi connectivity index (χ4n) is 3.32. The third-order valence-corrected chi connectivity index (χ3v) is 4.56. The van der Waals surface area contributed by atoms with Gasteiger partial charge in [-0.25, -0.2) is 9.59 Å². The van der Waals surface area contributed by atoms with E-state index in [9.17, 15) is 19.7 Å². The van der Waals surface area contributed by atoms with Gasteiger partial charge in [0.1, 0.15) is 17.1 Å². The molecule has 28 heavy (non-hydrogen) atoms. The third kappa shape index (κ3) is 3.44. The van der Waals surface area contributed by atoms with Gasteiger partial charge in [0.15, 0.2) is 6.61 Å². The number of non-ortho nitro benzene ring substituents is 1. The number of fused-ring (bicyclic) bond motifs is 3. The quantitative estimate of drug-likeness (QED) is 0.219. The standard InChI is InChI=1S/C20H15NO7/c22-19(27-14-4-1-3-12(9-14)21(24)25)11-26-13-7-8-16-15-5-2-6-17(15)20(23)28-18(16)10-13/h1,3-4,7-10H,2,5-6,11H2. The van der Waals surface area contributed by atoms with Gasteiger partial charge in [0, 0.05) is 23.1 Å². The minimum Gasteiger partial charge on any atom is -0.482 e. The highest BCUT2D eigenvalue weighted by Crippen LogP contribution is 2.29. The summed E-state index contributed by atoms with van der Waals surface area (Å²) >= 11 is 0. The van der Waals surface area contributed by atoms with Gasteiger partial charge in [-0.05, 0) is 43.0 Å². The molecule has 3 aromatic rings. The van der Waals surface area contributed by atoms with Gasteiger partial charge in [-0.2, -0.15) is 0 Å². The summed E-state index contributed by atoms with van der Waals surface area (Å²) < 4.78 is 15.8. The lowest BCUT2D eigenvalue weighted by Gasteiger charge is -2.08. The van der Waals surface area contributed by atoms with Crippen molar-refractivity contribution < 1.29 is 23.6 Å². The van der Waals surface area contributed by atoms with Gasteiger partial charge in [0.25, 0.3) is 5.69 Å². The molecule has 1 aromatic heterocycles. The molecule has 0 saturated heterocycles. The Morgan fingerprint density at radius 2 is 1.93 bits per heavy atom. The second-order valence-electron chi connectivity index (χ2n) is 6.38. The van der Waals surface area contributed by atoms with Crippen LogP contribution in [0.2, 0.25) is 0 Å². The highest BCUT2D eigenvalue weighted by Gasteiger charge is 2.20. The van der Waals surface area contributed by atoms with Gasteiger partial charge >= 0.3 is 11.6 Å². The molecule has 0 amide bonds.